The second kappa shape index (κ2) is 7.34. The summed E-state index contributed by atoms with van der Waals surface area (Å²) in [5.41, 5.74) is 5.41. The molecule has 0 saturated heterocycles. The van der Waals surface area contributed by atoms with Crippen LogP contribution in [-0.4, -0.2) is 22.1 Å². The smallest absolute Gasteiger partial charge is 0.168 e. The van der Waals surface area contributed by atoms with Crippen molar-refractivity contribution < 1.29 is 9.90 Å². The first-order valence-electron chi connectivity index (χ1n) is 10.1. The predicted molar refractivity (Wildman–Crippen MR) is 115 cm³/mol. The summed E-state index contributed by atoms with van der Waals surface area (Å²) < 4.78 is 2.31. The fraction of sp³-hybridized carbons (Fsp3) is 0.192. The molecule has 1 aliphatic rings. The highest BCUT2D eigenvalue weighted by molar-refractivity contribution is 6.00. The minimum absolute atomic E-state index is 0.0159. The molecule has 5 rings (SSSR count). The molecule has 1 N–H and O–H groups in total. The van der Waals surface area contributed by atoms with E-state index in [1.165, 1.54) is 16.6 Å². The number of benzene rings is 3. The highest BCUT2D eigenvalue weighted by atomic mass is 16.3. The highest BCUT2D eigenvalue weighted by Gasteiger charge is 2.41. The molecule has 0 unspecified atom stereocenters. The zero-order valence-corrected chi connectivity index (χ0v) is 16.2. The number of carbonyl (C=O) groups is 1. The maximum absolute atomic E-state index is 13.5. The van der Waals surface area contributed by atoms with Crippen molar-refractivity contribution in [2.24, 2.45) is 5.92 Å². The van der Waals surface area contributed by atoms with E-state index < -0.39 is 0 Å². The van der Waals surface area contributed by atoms with E-state index in [0.717, 1.165) is 16.6 Å². The Balaban J connectivity index is 1.72. The summed E-state index contributed by atoms with van der Waals surface area (Å²) in [7, 11) is 0. The highest BCUT2D eigenvalue weighted by Crippen LogP contribution is 2.46. The number of rotatable bonds is 5. The van der Waals surface area contributed by atoms with Crippen LogP contribution in [0.4, 0.5) is 0 Å². The molecule has 0 aliphatic carbocycles. The van der Waals surface area contributed by atoms with Crippen molar-refractivity contribution in [3.63, 3.8) is 0 Å². The van der Waals surface area contributed by atoms with Crippen LogP contribution in [0.25, 0.3) is 10.9 Å². The summed E-state index contributed by atoms with van der Waals surface area (Å²) >= 11 is 0. The number of fused-ring (bicyclic) bond motifs is 3. The molecule has 0 radical (unpaired) electrons. The molecule has 1 aromatic heterocycles. The van der Waals surface area contributed by atoms with E-state index in [-0.39, 0.29) is 24.2 Å². The Morgan fingerprint density at radius 1 is 0.897 bits per heavy atom. The fourth-order valence-electron chi connectivity index (χ4n) is 4.92. The van der Waals surface area contributed by atoms with Gasteiger partial charge in [0.1, 0.15) is 0 Å². The molecular formula is C26H23NO2. The number of nitrogens with zero attached hydrogens (tertiary/aromatic N) is 1. The topological polar surface area (TPSA) is 42.2 Å². The number of aliphatic hydroxyl groups is 1. The molecule has 3 nitrogen and oxygen atoms in total. The molecule has 0 amide bonds. The molecule has 0 spiro atoms. The van der Waals surface area contributed by atoms with Crippen molar-refractivity contribution in [1.29, 1.82) is 0 Å². The normalized spacial score (nSPS) is 18.1. The van der Waals surface area contributed by atoms with E-state index in [2.05, 4.69) is 28.8 Å². The van der Waals surface area contributed by atoms with Crippen molar-refractivity contribution in [3.05, 3.63) is 107 Å². The first-order valence-corrected chi connectivity index (χ1v) is 10.1. The predicted octanol–water partition coefficient (Wildman–Crippen LogP) is 4.82. The molecule has 0 bridgehead atoms. The van der Waals surface area contributed by atoms with Gasteiger partial charge in [-0.05, 0) is 23.6 Å². The maximum atomic E-state index is 13.5. The fourth-order valence-corrected chi connectivity index (χ4v) is 4.92. The van der Waals surface area contributed by atoms with Gasteiger partial charge in [-0.2, -0.15) is 0 Å². The lowest BCUT2D eigenvalue weighted by Gasteiger charge is -2.20. The van der Waals surface area contributed by atoms with Gasteiger partial charge in [0.25, 0.3) is 0 Å². The third-order valence-corrected chi connectivity index (χ3v) is 6.11. The Morgan fingerprint density at radius 3 is 2.28 bits per heavy atom. The van der Waals surface area contributed by atoms with Crippen molar-refractivity contribution >= 4 is 16.7 Å². The molecule has 4 aromatic rings. The quantitative estimate of drug-likeness (QED) is 0.504. The van der Waals surface area contributed by atoms with Crippen LogP contribution < -0.4 is 0 Å². The van der Waals surface area contributed by atoms with E-state index >= 15 is 0 Å². The zero-order valence-electron chi connectivity index (χ0n) is 16.2. The number of para-hydroxylation sites is 1. The minimum Gasteiger partial charge on any atom is -0.396 e. The van der Waals surface area contributed by atoms with Crippen molar-refractivity contribution in [2.75, 3.05) is 6.61 Å². The van der Waals surface area contributed by atoms with Gasteiger partial charge in [-0.25, -0.2) is 0 Å². The summed E-state index contributed by atoms with van der Waals surface area (Å²) in [4.78, 5) is 13.5. The molecule has 2 atom stereocenters. The van der Waals surface area contributed by atoms with Crippen LogP contribution in [0.5, 0.6) is 0 Å². The lowest BCUT2D eigenvalue weighted by molar-refractivity contribution is 0.0909. The van der Waals surface area contributed by atoms with E-state index in [4.69, 9.17) is 0 Å². The van der Waals surface area contributed by atoms with Gasteiger partial charge in [0.05, 0.1) is 5.92 Å². The van der Waals surface area contributed by atoms with Crippen LogP contribution in [0.2, 0.25) is 0 Å². The third kappa shape index (κ3) is 2.90. The molecular weight excluding hydrogens is 358 g/mol. The summed E-state index contributed by atoms with van der Waals surface area (Å²) in [5.74, 6) is 0.0110. The monoisotopic (exact) mass is 381 g/mol. The van der Waals surface area contributed by atoms with Crippen LogP contribution >= 0.6 is 0 Å². The van der Waals surface area contributed by atoms with Gasteiger partial charge in [0.2, 0.25) is 0 Å². The van der Waals surface area contributed by atoms with Gasteiger partial charge in [0.15, 0.2) is 5.78 Å². The van der Waals surface area contributed by atoms with Crippen LogP contribution in [-0.2, 0) is 13.0 Å². The Kier molecular flexibility index (Phi) is 4.53. The van der Waals surface area contributed by atoms with Gasteiger partial charge in [0, 0.05) is 41.2 Å². The number of carbonyl (C=O) groups excluding carboxylic acids is 1. The average Bonchev–Trinajstić information content (AvgIpc) is 3.31. The lowest BCUT2D eigenvalue weighted by Crippen LogP contribution is -2.21. The molecule has 29 heavy (non-hydrogen) atoms. The lowest BCUT2D eigenvalue weighted by atomic mass is 9.80. The molecule has 144 valence electrons. The number of Topliss-reactive ketones (excluding diaryl/α,β-unsaturated/α-hetero) is 1. The Bertz CT molecular complexity index is 1160. The molecule has 0 saturated carbocycles. The van der Waals surface area contributed by atoms with Gasteiger partial charge in [-0.3, -0.25) is 4.79 Å². The standard InChI is InChI=1S/C26H23NO2/c28-16-15-21-20-13-7-8-14-23(20)27-17-22(26(29)19-11-5-2-6-12-19)24(25(21)27)18-9-3-1-4-10-18/h1-14,22,24,28H,15-17H2/t22-,24-/m0/s1. The number of hydrogen-bond acceptors (Lipinski definition) is 2. The second-order valence-corrected chi connectivity index (χ2v) is 7.69. The molecule has 3 heteroatoms. The number of hydrogen-bond donors (Lipinski definition) is 1. The Morgan fingerprint density at radius 2 is 1.55 bits per heavy atom. The maximum Gasteiger partial charge on any atom is 0.168 e. The molecule has 3 aromatic carbocycles. The van der Waals surface area contributed by atoms with Crippen LogP contribution in [0.1, 0.15) is 33.1 Å². The summed E-state index contributed by atoms with van der Waals surface area (Å²) in [5, 5.41) is 10.9. The van der Waals surface area contributed by atoms with Gasteiger partial charge >= 0.3 is 0 Å². The first-order chi connectivity index (χ1) is 14.3. The SMILES string of the molecule is O=C(c1ccccc1)[C@H]1Cn2c(c(CCO)c3ccccc32)[C@H]1c1ccccc1. The number of aromatic nitrogens is 1. The molecule has 0 fully saturated rings. The number of ketones is 1. The second-order valence-electron chi connectivity index (χ2n) is 7.69. The summed E-state index contributed by atoms with van der Waals surface area (Å²) in [6, 6.07) is 28.3. The van der Waals surface area contributed by atoms with Crippen molar-refractivity contribution in [3.8, 4) is 0 Å². The average molecular weight is 381 g/mol. The number of aliphatic hydroxyl groups excluding tert-OH is 1. The molecule has 1 aliphatic heterocycles. The van der Waals surface area contributed by atoms with E-state index in [0.29, 0.717) is 13.0 Å². The van der Waals surface area contributed by atoms with Crippen LogP contribution in [0.15, 0.2) is 84.9 Å². The summed E-state index contributed by atoms with van der Waals surface area (Å²) in [6.07, 6.45) is 0.596. The third-order valence-electron chi connectivity index (χ3n) is 6.11. The van der Waals surface area contributed by atoms with Gasteiger partial charge in [-0.15, -0.1) is 0 Å². The van der Waals surface area contributed by atoms with Gasteiger partial charge < -0.3 is 9.67 Å². The van der Waals surface area contributed by atoms with Crippen molar-refractivity contribution in [2.45, 2.75) is 18.9 Å². The summed E-state index contributed by atoms with van der Waals surface area (Å²) in [6.45, 7) is 0.758. The van der Waals surface area contributed by atoms with Crippen LogP contribution in [0, 0.1) is 5.92 Å². The van der Waals surface area contributed by atoms with E-state index in [1.807, 2.05) is 60.7 Å². The largest absolute Gasteiger partial charge is 0.396 e. The minimum atomic E-state index is -0.156. The first kappa shape index (κ1) is 17.9. The van der Waals surface area contributed by atoms with E-state index in [9.17, 15) is 9.90 Å². The van der Waals surface area contributed by atoms with Crippen LogP contribution in [0.3, 0.4) is 0 Å². The Labute approximate surface area is 170 Å². The zero-order chi connectivity index (χ0) is 19.8. The van der Waals surface area contributed by atoms with E-state index in [1.54, 1.807) is 0 Å². The van der Waals surface area contributed by atoms with Crippen molar-refractivity contribution in [1.82, 2.24) is 4.57 Å². The Hall–Kier alpha value is -3.17. The molecule has 2 heterocycles. The van der Waals surface area contributed by atoms with Gasteiger partial charge in [-0.1, -0.05) is 78.9 Å².